The number of aryl methyl sites for hydroxylation is 1. The van der Waals surface area contributed by atoms with Crippen LogP contribution in [0, 0.1) is 11.3 Å². The van der Waals surface area contributed by atoms with E-state index in [0.717, 1.165) is 38.5 Å². The van der Waals surface area contributed by atoms with E-state index in [0.29, 0.717) is 11.5 Å². The van der Waals surface area contributed by atoms with Crippen molar-refractivity contribution < 1.29 is 0 Å². The summed E-state index contributed by atoms with van der Waals surface area (Å²) in [5, 5.41) is 8.07. The summed E-state index contributed by atoms with van der Waals surface area (Å²) in [4.78, 5) is 10.2. The summed E-state index contributed by atoms with van der Waals surface area (Å²) in [5.74, 6) is 1.96. The van der Waals surface area contributed by atoms with E-state index in [1.807, 2.05) is 18.8 Å². The number of nitrogens with one attached hydrogen (secondary N) is 1. The highest BCUT2D eigenvalue weighted by Gasteiger charge is 2.51. The second-order valence-corrected chi connectivity index (χ2v) is 11.0. The first-order valence-corrected chi connectivity index (χ1v) is 13.1. The molecule has 6 nitrogen and oxygen atoms in total. The van der Waals surface area contributed by atoms with Crippen molar-refractivity contribution in [1.82, 2.24) is 24.9 Å². The first-order valence-electron chi connectivity index (χ1n) is 13.1. The Balaban J connectivity index is 1.27. The van der Waals surface area contributed by atoms with Crippen molar-refractivity contribution in [2.24, 2.45) is 23.4 Å². The average molecular weight is 451 g/mol. The van der Waals surface area contributed by atoms with Gasteiger partial charge in [-0.05, 0) is 58.0 Å². The SMILES string of the molecule is CCCC1=CC(C(=NC)N2CCC3(C2)CN([C@H](c2cnn(C)c2)C2CCNCC2)C3)=C(C)C1. The zero-order chi connectivity index (χ0) is 23.0. The molecule has 6 heteroatoms. The summed E-state index contributed by atoms with van der Waals surface area (Å²) in [6.07, 6.45) is 14.2. The van der Waals surface area contributed by atoms with E-state index >= 15 is 0 Å². The minimum Gasteiger partial charge on any atom is -0.356 e. The second kappa shape index (κ2) is 9.38. The number of aromatic nitrogens is 2. The van der Waals surface area contributed by atoms with Crippen molar-refractivity contribution in [2.45, 2.75) is 58.4 Å². The molecule has 4 aliphatic rings. The number of allylic oxidation sites excluding steroid dienone is 2. The monoisotopic (exact) mass is 450 g/mol. The number of hydrogen-bond acceptors (Lipinski definition) is 4. The number of hydrogen-bond donors (Lipinski definition) is 1. The summed E-state index contributed by atoms with van der Waals surface area (Å²) < 4.78 is 1.97. The van der Waals surface area contributed by atoms with Crippen LogP contribution in [0.15, 0.2) is 40.2 Å². The van der Waals surface area contributed by atoms with Gasteiger partial charge in [0.25, 0.3) is 0 Å². The molecule has 33 heavy (non-hydrogen) atoms. The Bertz CT molecular complexity index is 942. The van der Waals surface area contributed by atoms with E-state index in [1.54, 1.807) is 5.57 Å². The molecule has 3 aliphatic heterocycles. The lowest BCUT2D eigenvalue weighted by molar-refractivity contribution is -0.0452. The molecule has 0 amide bonds. The van der Waals surface area contributed by atoms with E-state index in [-0.39, 0.29) is 0 Å². The molecule has 1 aromatic heterocycles. The average Bonchev–Trinajstić information content (AvgIpc) is 3.50. The zero-order valence-corrected chi connectivity index (χ0v) is 21.1. The summed E-state index contributed by atoms with van der Waals surface area (Å²) in [6.45, 7) is 11.6. The lowest BCUT2D eigenvalue weighted by Crippen LogP contribution is -2.60. The number of likely N-dealkylation sites (tertiary alicyclic amines) is 2. The van der Waals surface area contributed by atoms with Gasteiger partial charge in [0.15, 0.2) is 0 Å². The maximum Gasteiger partial charge on any atom is 0.130 e. The molecule has 3 fully saturated rings. The highest BCUT2D eigenvalue weighted by Crippen LogP contribution is 2.47. The van der Waals surface area contributed by atoms with Crippen molar-refractivity contribution in [3.05, 3.63) is 40.8 Å². The van der Waals surface area contributed by atoms with Gasteiger partial charge in [0.1, 0.15) is 5.84 Å². The van der Waals surface area contributed by atoms with Crippen LogP contribution < -0.4 is 5.32 Å². The largest absolute Gasteiger partial charge is 0.356 e. The standard InChI is InChI=1S/C27H42N6/c1-5-6-21-13-20(2)24(14-21)26(28-3)32-12-9-27(17-32)18-33(19-27)25(22-7-10-29-11-8-22)23-15-30-31(4)16-23/h14-16,22,25,29H,5-13,17-19H2,1-4H3/t25-/m0/s1. The van der Waals surface area contributed by atoms with Gasteiger partial charge in [-0.2, -0.15) is 5.10 Å². The minimum absolute atomic E-state index is 0.423. The van der Waals surface area contributed by atoms with Gasteiger partial charge in [0, 0.05) is 69.1 Å². The molecule has 1 aliphatic carbocycles. The molecule has 1 spiro atoms. The molecular weight excluding hydrogens is 408 g/mol. The van der Waals surface area contributed by atoms with Crippen LogP contribution in [0.1, 0.15) is 64.0 Å². The predicted molar refractivity (Wildman–Crippen MR) is 135 cm³/mol. The van der Waals surface area contributed by atoms with E-state index in [4.69, 9.17) is 4.99 Å². The summed E-state index contributed by atoms with van der Waals surface area (Å²) in [7, 11) is 4.02. The molecule has 0 aromatic carbocycles. The maximum atomic E-state index is 4.81. The number of rotatable bonds is 6. The molecule has 0 unspecified atom stereocenters. The fourth-order valence-electron chi connectivity index (χ4n) is 6.90. The van der Waals surface area contributed by atoms with E-state index in [9.17, 15) is 0 Å². The maximum absolute atomic E-state index is 4.81. The van der Waals surface area contributed by atoms with Crippen LogP contribution in [0.5, 0.6) is 0 Å². The lowest BCUT2D eigenvalue weighted by atomic mass is 9.75. The molecule has 0 radical (unpaired) electrons. The Hall–Kier alpha value is -1.92. The van der Waals surface area contributed by atoms with Crippen molar-refractivity contribution in [2.75, 3.05) is 46.3 Å². The minimum atomic E-state index is 0.423. The lowest BCUT2D eigenvalue weighted by Gasteiger charge is -2.53. The molecule has 0 bridgehead atoms. The van der Waals surface area contributed by atoms with Crippen LogP contribution in [-0.2, 0) is 7.05 Å². The summed E-state index contributed by atoms with van der Waals surface area (Å²) >= 11 is 0. The van der Waals surface area contributed by atoms with Crippen molar-refractivity contribution >= 4 is 5.84 Å². The van der Waals surface area contributed by atoms with Gasteiger partial charge in [-0.3, -0.25) is 14.6 Å². The quantitative estimate of drug-likeness (QED) is 0.527. The van der Waals surface area contributed by atoms with Gasteiger partial charge in [-0.1, -0.05) is 30.6 Å². The normalized spacial score (nSPS) is 25.2. The Morgan fingerprint density at radius 2 is 2.06 bits per heavy atom. The Labute approximate surface area is 199 Å². The summed E-state index contributed by atoms with van der Waals surface area (Å²) in [5.41, 5.74) is 6.31. The van der Waals surface area contributed by atoms with Gasteiger partial charge in [0.2, 0.25) is 0 Å². The first kappa shape index (κ1) is 22.9. The van der Waals surface area contributed by atoms with Crippen LogP contribution in [-0.4, -0.2) is 71.7 Å². The molecule has 1 atom stereocenters. The Morgan fingerprint density at radius 1 is 1.27 bits per heavy atom. The van der Waals surface area contributed by atoms with Gasteiger partial charge in [0.05, 0.1) is 6.20 Å². The van der Waals surface area contributed by atoms with Crippen molar-refractivity contribution in [3.63, 3.8) is 0 Å². The third-order valence-corrected chi connectivity index (χ3v) is 8.43. The van der Waals surface area contributed by atoms with Crippen LogP contribution in [0.25, 0.3) is 0 Å². The summed E-state index contributed by atoms with van der Waals surface area (Å²) in [6, 6.07) is 0.513. The van der Waals surface area contributed by atoms with Crippen LogP contribution in [0.4, 0.5) is 0 Å². The molecule has 4 heterocycles. The van der Waals surface area contributed by atoms with Crippen molar-refractivity contribution in [1.29, 1.82) is 0 Å². The van der Waals surface area contributed by atoms with Gasteiger partial charge in [-0.25, -0.2) is 0 Å². The topological polar surface area (TPSA) is 48.7 Å². The highest BCUT2D eigenvalue weighted by molar-refractivity contribution is 6.02. The van der Waals surface area contributed by atoms with E-state index in [2.05, 4.69) is 52.5 Å². The van der Waals surface area contributed by atoms with Gasteiger partial charge >= 0.3 is 0 Å². The number of aliphatic imine (C=N–C) groups is 1. The van der Waals surface area contributed by atoms with E-state index < -0.39 is 0 Å². The van der Waals surface area contributed by atoms with E-state index in [1.165, 1.54) is 67.7 Å². The molecular formula is C27H42N6. The van der Waals surface area contributed by atoms with Gasteiger partial charge in [-0.15, -0.1) is 0 Å². The molecule has 1 aromatic rings. The van der Waals surface area contributed by atoms with Crippen molar-refractivity contribution in [3.8, 4) is 0 Å². The number of piperidine rings is 1. The zero-order valence-electron chi connectivity index (χ0n) is 21.1. The Morgan fingerprint density at radius 3 is 2.73 bits per heavy atom. The van der Waals surface area contributed by atoms with Gasteiger partial charge < -0.3 is 10.2 Å². The molecule has 3 saturated heterocycles. The highest BCUT2D eigenvalue weighted by atomic mass is 15.3. The molecule has 5 rings (SSSR count). The second-order valence-electron chi connectivity index (χ2n) is 11.0. The number of nitrogens with zero attached hydrogens (tertiary/aromatic N) is 5. The number of amidine groups is 1. The fourth-order valence-corrected chi connectivity index (χ4v) is 6.90. The molecule has 1 N–H and O–H groups in total. The van der Waals surface area contributed by atoms with Crippen LogP contribution >= 0.6 is 0 Å². The predicted octanol–water partition coefficient (Wildman–Crippen LogP) is 3.94. The van der Waals surface area contributed by atoms with Crippen LogP contribution in [0.2, 0.25) is 0 Å². The third kappa shape index (κ3) is 4.44. The first-order chi connectivity index (χ1) is 16.0. The molecule has 180 valence electrons. The smallest absolute Gasteiger partial charge is 0.130 e. The van der Waals surface area contributed by atoms with Crippen LogP contribution in [0.3, 0.4) is 0 Å². The Kier molecular flexibility index (Phi) is 6.49. The molecule has 0 saturated carbocycles. The third-order valence-electron chi connectivity index (χ3n) is 8.43. The fraction of sp³-hybridized carbons (Fsp3) is 0.704.